The van der Waals surface area contributed by atoms with E-state index in [1.807, 2.05) is 19.1 Å². The molecule has 2 heterocycles. The number of fused-ring (bicyclic) bond motifs is 1. The molecule has 0 saturated heterocycles. The number of halogens is 1. The highest BCUT2D eigenvalue weighted by molar-refractivity contribution is 6.36. The van der Waals surface area contributed by atoms with Crippen LogP contribution in [0.15, 0.2) is 36.5 Å². The van der Waals surface area contributed by atoms with Gasteiger partial charge in [0.2, 0.25) is 0 Å². The molecule has 0 aliphatic carbocycles. The number of carbonyl (C=O) groups is 1. The van der Waals surface area contributed by atoms with Gasteiger partial charge in [0, 0.05) is 23.1 Å². The van der Waals surface area contributed by atoms with Crippen LogP contribution in [0, 0.1) is 5.82 Å². The minimum atomic E-state index is -0.345. The molecule has 0 unspecified atom stereocenters. The van der Waals surface area contributed by atoms with Crippen molar-refractivity contribution in [3.05, 3.63) is 53.6 Å². The highest BCUT2D eigenvalue weighted by Gasteiger charge is 2.27. The van der Waals surface area contributed by atoms with Gasteiger partial charge in [-0.3, -0.25) is 4.79 Å². The normalized spacial score (nSPS) is 16.4. The number of carbonyl (C=O) groups excluding carboxylic acids is 1. The van der Waals surface area contributed by atoms with Crippen LogP contribution in [0.5, 0.6) is 0 Å². The Labute approximate surface area is 103 Å². The molecule has 2 aromatic rings. The smallest absolute Gasteiger partial charge is 0.256 e. The first kappa shape index (κ1) is 10.8. The molecule has 0 saturated carbocycles. The summed E-state index contributed by atoms with van der Waals surface area (Å²) in [4.78, 5) is 15.0. The SMILES string of the molecule is C/C(=C1/C(=O)Nc2ccc(F)cc21)c1ccc[nH]1. The van der Waals surface area contributed by atoms with E-state index in [9.17, 15) is 9.18 Å². The van der Waals surface area contributed by atoms with Crippen LogP contribution >= 0.6 is 0 Å². The van der Waals surface area contributed by atoms with Crippen molar-refractivity contribution in [2.24, 2.45) is 0 Å². The van der Waals surface area contributed by atoms with Crippen molar-refractivity contribution in [1.82, 2.24) is 4.98 Å². The van der Waals surface area contributed by atoms with Gasteiger partial charge in [0.15, 0.2) is 0 Å². The molecule has 1 aromatic carbocycles. The molecular weight excluding hydrogens is 231 g/mol. The predicted octanol–water partition coefficient (Wildman–Crippen LogP) is 3.04. The fourth-order valence-corrected chi connectivity index (χ4v) is 2.21. The first-order valence-corrected chi connectivity index (χ1v) is 5.63. The van der Waals surface area contributed by atoms with Gasteiger partial charge in [0.25, 0.3) is 5.91 Å². The monoisotopic (exact) mass is 242 g/mol. The van der Waals surface area contributed by atoms with Crippen LogP contribution < -0.4 is 5.32 Å². The van der Waals surface area contributed by atoms with Gasteiger partial charge in [-0.25, -0.2) is 4.39 Å². The molecule has 3 rings (SSSR count). The van der Waals surface area contributed by atoms with Crippen LogP contribution in [0.3, 0.4) is 0 Å². The third kappa shape index (κ3) is 1.54. The second kappa shape index (κ2) is 3.84. The number of amides is 1. The lowest BCUT2D eigenvalue weighted by Gasteiger charge is -2.03. The van der Waals surface area contributed by atoms with E-state index in [0.717, 1.165) is 11.3 Å². The molecule has 1 aliphatic rings. The zero-order valence-electron chi connectivity index (χ0n) is 9.75. The fourth-order valence-electron chi connectivity index (χ4n) is 2.21. The van der Waals surface area contributed by atoms with Crippen molar-refractivity contribution < 1.29 is 9.18 Å². The first-order chi connectivity index (χ1) is 8.66. The highest BCUT2D eigenvalue weighted by Crippen LogP contribution is 2.36. The maximum Gasteiger partial charge on any atom is 0.256 e. The Hall–Kier alpha value is -2.36. The summed E-state index contributed by atoms with van der Waals surface area (Å²) in [5.74, 6) is -0.537. The number of nitrogens with one attached hydrogen (secondary N) is 2. The van der Waals surface area contributed by atoms with Crippen molar-refractivity contribution in [1.29, 1.82) is 0 Å². The van der Waals surface area contributed by atoms with Gasteiger partial charge in [0.1, 0.15) is 5.82 Å². The summed E-state index contributed by atoms with van der Waals surface area (Å²) in [7, 11) is 0. The largest absolute Gasteiger partial charge is 0.361 e. The van der Waals surface area contributed by atoms with Crippen molar-refractivity contribution >= 4 is 22.7 Å². The molecule has 0 spiro atoms. The Morgan fingerprint density at radius 2 is 2.11 bits per heavy atom. The number of hydrogen-bond acceptors (Lipinski definition) is 1. The fraction of sp³-hybridized carbons (Fsp3) is 0.0714. The van der Waals surface area contributed by atoms with E-state index in [4.69, 9.17) is 0 Å². The summed E-state index contributed by atoms with van der Waals surface area (Å²) in [6.07, 6.45) is 1.79. The second-order valence-electron chi connectivity index (χ2n) is 4.23. The Kier molecular flexibility index (Phi) is 2.30. The number of aromatic nitrogens is 1. The molecular formula is C14H11FN2O. The maximum atomic E-state index is 13.3. The van der Waals surface area contributed by atoms with Gasteiger partial charge in [-0.05, 0) is 42.8 Å². The molecule has 1 aromatic heterocycles. The molecule has 0 bridgehead atoms. The molecule has 4 heteroatoms. The molecule has 0 radical (unpaired) electrons. The van der Waals surface area contributed by atoms with Crippen LogP contribution in [-0.2, 0) is 4.79 Å². The average molecular weight is 242 g/mol. The molecule has 0 atom stereocenters. The number of benzene rings is 1. The Morgan fingerprint density at radius 1 is 1.28 bits per heavy atom. The molecule has 1 amide bonds. The van der Waals surface area contributed by atoms with E-state index < -0.39 is 0 Å². The topological polar surface area (TPSA) is 44.9 Å². The second-order valence-corrected chi connectivity index (χ2v) is 4.23. The van der Waals surface area contributed by atoms with Gasteiger partial charge in [-0.15, -0.1) is 0 Å². The Morgan fingerprint density at radius 3 is 2.83 bits per heavy atom. The van der Waals surface area contributed by atoms with Gasteiger partial charge >= 0.3 is 0 Å². The van der Waals surface area contributed by atoms with E-state index in [-0.39, 0.29) is 11.7 Å². The van der Waals surface area contributed by atoms with Crippen molar-refractivity contribution in [2.45, 2.75) is 6.92 Å². The number of anilines is 1. The lowest BCUT2D eigenvalue weighted by Crippen LogP contribution is -2.05. The number of H-pyrrole nitrogens is 1. The number of hydrogen-bond donors (Lipinski definition) is 2. The Bertz CT molecular complexity index is 656. The number of rotatable bonds is 1. The zero-order valence-corrected chi connectivity index (χ0v) is 9.75. The van der Waals surface area contributed by atoms with E-state index in [1.165, 1.54) is 12.1 Å². The van der Waals surface area contributed by atoms with E-state index in [1.54, 1.807) is 12.3 Å². The summed E-state index contributed by atoms with van der Waals surface area (Å²) < 4.78 is 13.3. The standard InChI is InChI=1S/C14H11FN2O/c1-8(11-3-2-6-16-11)13-10-7-9(15)4-5-12(10)17-14(13)18/h2-7,16H,1H3,(H,17,18)/b13-8-. The average Bonchev–Trinajstić information content (AvgIpc) is 2.94. The maximum absolute atomic E-state index is 13.3. The Balaban J connectivity index is 2.23. The van der Waals surface area contributed by atoms with E-state index in [2.05, 4.69) is 10.3 Å². The predicted molar refractivity (Wildman–Crippen MR) is 68.3 cm³/mol. The van der Waals surface area contributed by atoms with Gasteiger partial charge in [-0.2, -0.15) is 0 Å². The quantitative estimate of drug-likeness (QED) is 0.742. The molecule has 1 aliphatic heterocycles. The minimum Gasteiger partial charge on any atom is -0.361 e. The van der Waals surface area contributed by atoms with Crippen molar-refractivity contribution in [3.8, 4) is 0 Å². The highest BCUT2D eigenvalue weighted by atomic mass is 19.1. The van der Waals surface area contributed by atoms with E-state index in [0.29, 0.717) is 16.8 Å². The van der Waals surface area contributed by atoms with Crippen LogP contribution in [-0.4, -0.2) is 10.9 Å². The summed E-state index contributed by atoms with van der Waals surface area (Å²) in [6, 6.07) is 8.05. The zero-order chi connectivity index (χ0) is 12.7. The van der Waals surface area contributed by atoms with Gasteiger partial charge in [-0.1, -0.05) is 0 Å². The summed E-state index contributed by atoms with van der Waals surface area (Å²) >= 11 is 0. The molecule has 90 valence electrons. The molecule has 18 heavy (non-hydrogen) atoms. The third-order valence-corrected chi connectivity index (χ3v) is 3.10. The number of allylic oxidation sites excluding steroid dienone is 1. The summed E-state index contributed by atoms with van der Waals surface area (Å²) in [6.45, 7) is 1.85. The van der Waals surface area contributed by atoms with Crippen molar-refractivity contribution in [2.75, 3.05) is 5.32 Å². The summed E-state index contributed by atoms with van der Waals surface area (Å²) in [5.41, 5.74) is 3.46. The van der Waals surface area contributed by atoms with E-state index >= 15 is 0 Å². The lowest BCUT2D eigenvalue weighted by molar-refractivity contribution is -0.110. The van der Waals surface area contributed by atoms with Gasteiger partial charge < -0.3 is 10.3 Å². The van der Waals surface area contributed by atoms with Crippen LogP contribution in [0.25, 0.3) is 11.1 Å². The first-order valence-electron chi connectivity index (χ1n) is 5.63. The third-order valence-electron chi connectivity index (χ3n) is 3.10. The molecule has 0 fully saturated rings. The minimum absolute atomic E-state index is 0.192. The molecule has 3 nitrogen and oxygen atoms in total. The van der Waals surface area contributed by atoms with Crippen LogP contribution in [0.2, 0.25) is 0 Å². The molecule has 2 N–H and O–H groups in total. The lowest BCUT2D eigenvalue weighted by atomic mass is 10.00. The van der Waals surface area contributed by atoms with Gasteiger partial charge in [0.05, 0.1) is 5.57 Å². The van der Waals surface area contributed by atoms with Crippen molar-refractivity contribution in [3.63, 3.8) is 0 Å². The van der Waals surface area contributed by atoms with Crippen LogP contribution in [0.1, 0.15) is 18.2 Å². The number of aromatic amines is 1. The van der Waals surface area contributed by atoms with Crippen LogP contribution in [0.4, 0.5) is 10.1 Å². The summed E-state index contributed by atoms with van der Waals surface area (Å²) in [5, 5.41) is 2.74.